The zero-order chi connectivity index (χ0) is 15.4. The van der Waals surface area contributed by atoms with E-state index in [9.17, 15) is 4.79 Å². The largest absolute Gasteiger partial charge is 0.396 e. The molecule has 116 valence electrons. The topological polar surface area (TPSA) is 73.6 Å². The molecule has 1 heterocycles. The van der Waals surface area contributed by atoms with E-state index in [0.29, 0.717) is 28.0 Å². The number of nitrogen functional groups attached to an aromatic ring is 1. The Morgan fingerprint density at radius 3 is 2.76 bits per heavy atom. The van der Waals surface area contributed by atoms with Crippen molar-refractivity contribution >= 4 is 40.5 Å². The second-order valence-electron chi connectivity index (χ2n) is 4.95. The molecule has 0 bridgehead atoms. The number of anilines is 2. The van der Waals surface area contributed by atoms with E-state index in [1.807, 2.05) is 0 Å². The minimum atomic E-state index is -0.593. The van der Waals surface area contributed by atoms with Crippen molar-refractivity contribution in [2.24, 2.45) is 0 Å². The summed E-state index contributed by atoms with van der Waals surface area (Å²) < 4.78 is 11.0. The Balaban J connectivity index is 1.88. The fraction of sp³-hybridized carbons (Fsp3) is 0.500. The maximum atomic E-state index is 12.0. The highest BCUT2D eigenvalue weighted by Gasteiger charge is 2.20. The van der Waals surface area contributed by atoms with Crippen molar-refractivity contribution in [2.75, 3.05) is 24.3 Å². The van der Waals surface area contributed by atoms with Crippen LogP contribution in [0.4, 0.5) is 11.4 Å². The standard InChI is InChI=1S/C14H18Cl2N2O3/c1-8(21-7-10-3-2-4-20-10)14(19)18-9-5-11(15)13(17)12(16)6-9/h5-6,8,10H,2-4,7,17H2,1H3,(H,18,19)/t8-,10+/m1/s1. The van der Waals surface area contributed by atoms with Gasteiger partial charge in [0, 0.05) is 12.3 Å². The Labute approximate surface area is 133 Å². The lowest BCUT2D eigenvalue weighted by molar-refractivity contribution is -0.128. The van der Waals surface area contributed by atoms with Gasteiger partial charge in [-0.25, -0.2) is 0 Å². The number of rotatable bonds is 5. The third-order valence-electron chi connectivity index (χ3n) is 3.27. The number of nitrogens with one attached hydrogen (secondary N) is 1. The fourth-order valence-electron chi connectivity index (χ4n) is 2.00. The molecule has 0 aromatic heterocycles. The molecule has 0 saturated carbocycles. The van der Waals surface area contributed by atoms with Crippen LogP contribution in [0.25, 0.3) is 0 Å². The maximum Gasteiger partial charge on any atom is 0.253 e. The van der Waals surface area contributed by atoms with Gasteiger partial charge in [-0.2, -0.15) is 0 Å². The molecule has 3 N–H and O–H groups in total. The average molecular weight is 333 g/mol. The summed E-state index contributed by atoms with van der Waals surface area (Å²) in [5.74, 6) is -0.273. The van der Waals surface area contributed by atoms with Crippen LogP contribution in [0.15, 0.2) is 12.1 Å². The number of amides is 1. The van der Waals surface area contributed by atoms with Gasteiger partial charge in [0.05, 0.1) is 28.4 Å². The second kappa shape index (κ2) is 7.31. The molecule has 0 unspecified atom stereocenters. The molecule has 7 heteroatoms. The summed E-state index contributed by atoms with van der Waals surface area (Å²) in [5, 5.41) is 3.29. The molecule has 1 amide bonds. The van der Waals surface area contributed by atoms with Gasteiger partial charge in [0.1, 0.15) is 6.10 Å². The van der Waals surface area contributed by atoms with Crippen LogP contribution in [-0.4, -0.2) is 31.3 Å². The van der Waals surface area contributed by atoms with E-state index in [1.54, 1.807) is 19.1 Å². The molecule has 2 rings (SSSR count). The van der Waals surface area contributed by atoms with E-state index in [4.69, 9.17) is 38.4 Å². The Hall–Kier alpha value is -1.01. The van der Waals surface area contributed by atoms with Gasteiger partial charge in [0.15, 0.2) is 0 Å². The van der Waals surface area contributed by atoms with Gasteiger partial charge in [-0.05, 0) is 31.9 Å². The van der Waals surface area contributed by atoms with Crippen LogP contribution in [0.2, 0.25) is 10.0 Å². The molecule has 21 heavy (non-hydrogen) atoms. The molecule has 0 spiro atoms. The molecular weight excluding hydrogens is 315 g/mol. The van der Waals surface area contributed by atoms with Crippen LogP contribution < -0.4 is 11.1 Å². The minimum Gasteiger partial charge on any atom is -0.396 e. The van der Waals surface area contributed by atoms with Gasteiger partial charge >= 0.3 is 0 Å². The van der Waals surface area contributed by atoms with E-state index in [1.165, 1.54) is 0 Å². The Bertz CT molecular complexity index is 496. The zero-order valence-electron chi connectivity index (χ0n) is 11.7. The van der Waals surface area contributed by atoms with Crippen LogP contribution in [0.5, 0.6) is 0 Å². The predicted octanol–water partition coefficient (Wildman–Crippen LogP) is 3.10. The molecule has 1 aliphatic heterocycles. The Kier molecular flexibility index (Phi) is 5.70. The maximum absolute atomic E-state index is 12.0. The third-order valence-corrected chi connectivity index (χ3v) is 3.90. The van der Waals surface area contributed by atoms with Crippen LogP contribution in [0.1, 0.15) is 19.8 Å². The molecule has 0 radical (unpaired) electrons. The lowest BCUT2D eigenvalue weighted by Gasteiger charge is -2.16. The average Bonchev–Trinajstić information content (AvgIpc) is 2.95. The molecule has 1 saturated heterocycles. The smallest absolute Gasteiger partial charge is 0.253 e. The summed E-state index contributed by atoms with van der Waals surface area (Å²) in [6, 6.07) is 3.10. The van der Waals surface area contributed by atoms with Gasteiger partial charge in [-0.15, -0.1) is 0 Å². The quantitative estimate of drug-likeness (QED) is 0.812. The van der Waals surface area contributed by atoms with Gasteiger partial charge < -0.3 is 20.5 Å². The lowest BCUT2D eigenvalue weighted by Crippen LogP contribution is -2.30. The molecule has 0 aliphatic carbocycles. The summed E-state index contributed by atoms with van der Waals surface area (Å²) in [4.78, 5) is 12.0. The fourth-order valence-corrected chi connectivity index (χ4v) is 2.49. The first-order chi connectivity index (χ1) is 9.97. The van der Waals surface area contributed by atoms with E-state index in [0.717, 1.165) is 19.4 Å². The van der Waals surface area contributed by atoms with Crippen molar-refractivity contribution in [3.05, 3.63) is 22.2 Å². The van der Waals surface area contributed by atoms with Crippen molar-refractivity contribution in [1.82, 2.24) is 0 Å². The van der Waals surface area contributed by atoms with Gasteiger partial charge in [-0.3, -0.25) is 4.79 Å². The normalized spacial score (nSPS) is 19.5. The summed E-state index contributed by atoms with van der Waals surface area (Å²) >= 11 is 11.8. The van der Waals surface area contributed by atoms with Crippen LogP contribution >= 0.6 is 23.2 Å². The predicted molar refractivity (Wildman–Crippen MR) is 83.9 cm³/mol. The molecule has 2 atom stereocenters. The molecule has 1 aromatic rings. The van der Waals surface area contributed by atoms with E-state index in [2.05, 4.69) is 5.32 Å². The number of carbonyl (C=O) groups is 1. The van der Waals surface area contributed by atoms with E-state index < -0.39 is 6.10 Å². The van der Waals surface area contributed by atoms with Gasteiger partial charge in [-0.1, -0.05) is 23.2 Å². The van der Waals surface area contributed by atoms with Crippen LogP contribution in [0, 0.1) is 0 Å². The lowest BCUT2D eigenvalue weighted by atomic mass is 10.2. The number of ether oxygens (including phenoxy) is 2. The third kappa shape index (κ3) is 4.48. The number of carbonyl (C=O) groups excluding carboxylic acids is 1. The van der Waals surface area contributed by atoms with Crippen molar-refractivity contribution < 1.29 is 14.3 Å². The number of halogens is 2. The van der Waals surface area contributed by atoms with Crippen LogP contribution in [0.3, 0.4) is 0 Å². The van der Waals surface area contributed by atoms with Crippen molar-refractivity contribution in [3.63, 3.8) is 0 Å². The van der Waals surface area contributed by atoms with Crippen molar-refractivity contribution in [2.45, 2.75) is 32.0 Å². The minimum absolute atomic E-state index is 0.0839. The Morgan fingerprint density at radius 2 is 2.19 bits per heavy atom. The summed E-state index contributed by atoms with van der Waals surface area (Å²) in [5.41, 5.74) is 6.42. The summed E-state index contributed by atoms with van der Waals surface area (Å²) in [6.07, 6.45) is 1.50. The first-order valence-corrected chi connectivity index (χ1v) is 7.51. The highest BCUT2D eigenvalue weighted by atomic mass is 35.5. The SMILES string of the molecule is C[C@@H](OC[C@@H]1CCCO1)C(=O)Nc1cc(Cl)c(N)c(Cl)c1. The van der Waals surface area contributed by atoms with E-state index in [-0.39, 0.29) is 12.0 Å². The molecule has 1 fully saturated rings. The molecule has 1 aromatic carbocycles. The van der Waals surface area contributed by atoms with Gasteiger partial charge in [0.25, 0.3) is 5.91 Å². The highest BCUT2D eigenvalue weighted by Crippen LogP contribution is 2.31. The van der Waals surface area contributed by atoms with Crippen molar-refractivity contribution in [1.29, 1.82) is 0 Å². The molecule has 5 nitrogen and oxygen atoms in total. The molecule has 1 aliphatic rings. The number of benzene rings is 1. The highest BCUT2D eigenvalue weighted by molar-refractivity contribution is 6.39. The second-order valence-corrected chi connectivity index (χ2v) is 5.77. The Morgan fingerprint density at radius 1 is 1.52 bits per heavy atom. The first kappa shape index (κ1) is 16.4. The first-order valence-electron chi connectivity index (χ1n) is 6.76. The zero-order valence-corrected chi connectivity index (χ0v) is 13.2. The molecular formula is C14H18Cl2N2O3. The van der Waals surface area contributed by atoms with Gasteiger partial charge in [0.2, 0.25) is 0 Å². The van der Waals surface area contributed by atoms with Crippen molar-refractivity contribution in [3.8, 4) is 0 Å². The summed E-state index contributed by atoms with van der Waals surface area (Å²) in [6.45, 7) is 2.86. The number of hydrogen-bond donors (Lipinski definition) is 2. The van der Waals surface area contributed by atoms with E-state index >= 15 is 0 Å². The van der Waals surface area contributed by atoms with Crippen LogP contribution in [-0.2, 0) is 14.3 Å². The number of hydrogen-bond acceptors (Lipinski definition) is 4. The monoisotopic (exact) mass is 332 g/mol. The number of nitrogens with two attached hydrogens (primary N) is 1. The summed E-state index contributed by atoms with van der Waals surface area (Å²) in [7, 11) is 0.